The summed E-state index contributed by atoms with van der Waals surface area (Å²) in [5.41, 5.74) is 2.54. The number of para-hydroxylation sites is 1. The third-order valence-corrected chi connectivity index (χ3v) is 5.19. The number of benzene rings is 1. The monoisotopic (exact) mass is 421 g/mol. The van der Waals surface area contributed by atoms with E-state index in [1.807, 2.05) is 47.8 Å². The molecule has 9 heteroatoms. The molecule has 0 bridgehead atoms. The SMILES string of the molecule is CCOC(=O)C1=NN(c2ccccc2)C(C(=O)Nc2nc(-c3cccnc3)cs2)C1. The summed E-state index contributed by atoms with van der Waals surface area (Å²) < 4.78 is 5.06. The lowest BCUT2D eigenvalue weighted by molar-refractivity contribution is -0.135. The van der Waals surface area contributed by atoms with Crippen LogP contribution < -0.4 is 10.3 Å². The second kappa shape index (κ2) is 8.83. The molecule has 3 heterocycles. The van der Waals surface area contributed by atoms with E-state index in [0.717, 1.165) is 11.3 Å². The van der Waals surface area contributed by atoms with Crippen LogP contribution in [0.4, 0.5) is 10.8 Å². The van der Waals surface area contributed by atoms with Gasteiger partial charge in [-0.1, -0.05) is 18.2 Å². The average Bonchev–Trinajstić information content (AvgIpc) is 3.43. The van der Waals surface area contributed by atoms with Crippen molar-refractivity contribution in [1.82, 2.24) is 9.97 Å². The first-order valence-corrected chi connectivity index (χ1v) is 10.3. The van der Waals surface area contributed by atoms with E-state index >= 15 is 0 Å². The van der Waals surface area contributed by atoms with Crippen LogP contribution >= 0.6 is 11.3 Å². The summed E-state index contributed by atoms with van der Waals surface area (Å²) in [7, 11) is 0. The number of hydrogen-bond acceptors (Lipinski definition) is 8. The molecule has 0 saturated carbocycles. The Labute approximate surface area is 177 Å². The maximum absolute atomic E-state index is 13.0. The number of aromatic nitrogens is 2. The zero-order chi connectivity index (χ0) is 20.9. The number of pyridine rings is 1. The number of esters is 1. The zero-order valence-corrected chi connectivity index (χ0v) is 17.0. The summed E-state index contributed by atoms with van der Waals surface area (Å²) in [6.07, 6.45) is 3.56. The van der Waals surface area contributed by atoms with Gasteiger partial charge in [0, 0.05) is 29.8 Å². The molecule has 0 spiro atoms. The van der Waals surface area contributed by atoms with Gasteiger partial charge in [0.25, 0.3) is 5.91 Å². The molecule has 1 unspecified atom stereocenters. The minimum Gasteiger partial charge on any atom is -0.461 e. The molecule has 1 amide bonds. The highest BCUT2D eigenvalue weighted by atomic mass is 32.1. The first kappa shape index (κ1) is 19.7. The average molecular weight is 421 g/mol. The molecule has 1 aromatic carbocycles. The van der Waals surface area contributed by atoms with Gasteiger partial charge in [0.1, 0.15) is 11.8 Å². The Morgan fingerprint density at radius 3 is 2.80 bits per heavy atom. The highest BCUT2D eigenvalue weighted by Crippen LogP contribution is 2.28. The van der Waals surface area contributed by atoms with Crippen LogP contribution in [0.25, 0.3) is 11.3 Å². The van der Waals surface area contributed by atoms with Gasteiger partial charge in [-0.3, -0.25) is 14.8 Å². The van der Waals surface area contributed by atoms with Crippen molar-refractivity contribution in [2.45, 2.75) is 19.4 Å². The molecule has 2 aromatic heterocycles. The standard InChI is InChI=1S/C21H19N5O3S/c1-2-29-20(28)16-11-18(26(25-16)15-8-4-3-5-9-15)19(27)24-21-23-17(13-30-21)14-7-6-10-22-12-14/h3-10,12-13,18H,2,11H2,1H3,(H,23,24,27). The largest absolute Gasteiger partial charge is 0.461 e. The van der Waals surface area contributed by atoms with E-state index in [0.29, 0.717) is 10.8 Å². The number of hydrogen-bond donors (Lipinski definition) is 1. The van der Waals surface area contributed by atoms with E-state index in [4.69, 9.17) is 4.74 Å². The minimum absolute atomic E-state index is 0.153. The summed E-state index contributed by atoms with van der Waals surface area (Å²) in [6, 6.07) is 12.3. The van der Waals surface area contributed by atoms with Crippen LogP contribution in [0.15, 0.2) is 65.3 Å². The summed E-state index contributed by atoms with van der Waals surface area (Å²) >= 11 is 1.33. The van der Waals surface area contributed by atoms with E-state index in [2.05, 4.69) is 20.4 Å². The molecule has 1 aliphatic heterocycles. The highest BCUT2D eigenvalue weighted by Gasteiger charge is 2.37. The number of nitrogens with zero attached hydrogens (tertiary/aromatic N) is 4. The number of anilines is 2. The van der Waals surface area contributed by atoms with Crippen molar-refractivity contribution >= 4 is 39.7 Å². The molecule has 1 aliphatic rings. The van der Waals surface area contributed by atoms with Crippen LogP contribution in [0.3, 0.4) is 0 Å². The Morgan fingerprint density at radius 1 is 1.23 bits per heavy atom. The van der Waals surface area contributed by atoms with Crippen molar-refractivity contribution in [2.75, 3.05) is 16.9 Å². The fraction of sp³-hybridized carbons (Fsp3) is 0.190. The zero-order valence-electron chi connectivity index (χ0n) is 16.2. The van der Waals surface area contributed by atoms with Crippen molar-refractivity contribution in [3.63, 3.8) is 0 Å². The number of carbonyl (C=O) groups excluding carboxylic acids is 2. The second-order valence-corrected chi connectivity index (χ2v) is 7.29. The van der Waals surface area contributed by atoms with Crippen LogP contribution in [0.2, 0.25) is 0 Å². The number of carbonyl (C=O) groups is 2. The summed E-state index contributed by atoms with van der Waals surface area (Å²) in [6.45, 7) is 1.98. The molecule has 1 N–H and O–H groups in total. The van der Waals surface area contributed by atoms with Gasteiger partial charge in [-0.2, -0.15) is 5.10 Å². The van der Waals surface area contributed by atoms with Gasteiger partial charge in [-0.15, -0.1) is 11.3 Å². The smallest absolute Gasteiger partial charge is 0.354 e. The Balaban J connectivity index is 1.53. The molecule has 1 atom stereocenters. The molecule has 152 valence electrons. The predicted octanol–water partition coefficient (Wildman–Crippen LogP) is 3.34. The number of ether oxygens (including phenoxy) is 1. The van der Waals surface area contributed by atoms with Gasteiger partial charge in [-0.05, 0) is 31.2 Å². The van der Waals surface area contributed by atoms with E-state index in [1.54, 1.807) is 24.3 Å². The van der Waals surface area contributed by atoms with Gasteiger partial charge >= 0.3 is 5.97 Å². The van der Waals surface area contributed by atoms with Crippen molar-refractivity contribution in [2.24, 2.45) is 5.10 Å². The highest BCUT2D eigenvalue weighted by molar-refractivity contribution is 7.14. The van der Waals surface area contributed by atoms with Crippen LogP contribution in [0.5, 0.6) is 0 Å². The summed E-state index contributed by atoms with van der Waals surface area (Å²) in [5, 5.41) is 11.1. The molecule has 0 aliphatic carbocycles. The van der Waals surface area contributed by atoms with Gasteiger partial charge in [0.05, 0.1) is 18.0 Å². The lowest BCUT2D eigenvalue weighted by Crippen LogP contribution is -2.38. The third kappa shape index (κ3) is 4.20. The number of thiazole rings is 1. The van der Waals surface area contributed by atoms with Gasteiger partial charge in [0.2, 0.25) is 0 Å². The Kier molecular flexibility index (Phi) is 5.80. The summed E-state index contributed by atoms with van der Waals surface area (Å²) in [4.78, 5) is 33.8. The lowest BCUT2D eigenvalue weighted by Gasteiger charge is -2.22. The maximum atomic E-state index is 13.0. The molecule has 3 aromatic rings. The van der Waals surface area contributed by atoms with Crippen LogP contribution in [-0.4, -0.2) is 40.2 Å². The summed E-state index contributed by atoms with van der Waals surface area (Å²) in [5.74, 6) is -0.809. The van der Waals surface area contributed by atoms with Crippen molar-refractivity contribution in [1.29, 1.82) is 0 Å². The topological polar surface area (TPSA) is 96.8 Å². The third-order valence-electron chi connectivity index (χ3n) is 4.44. The normalized spacial score (nSPS) is 15.6. The quantitative estimate of drug-likeness (QED) is 0.613. The van der Waals surface area contributed by atoms with E-state index in [1.165, 1.54) is 11.3 Å². The lowest BCUT2D eigenvalue weighted by atomic mass is 10.1. The first-order valence-electron chi connectivity index (χ1n) is 9.41. The first-order chi connectivity index (χ1) is 14.7. The van der Waals surface area contributed by atoms with Crippen LogP contribution in [0, 0.1) is 0 Å². The molecule has 0 fully saturated rings. The molecule has 0 radical (unpaired) electrons. The van der Waals surface area contributed by atoms with Crippen LogP contribution in [0.1, 0.15) is 13.3 Å². The Morgan fingerprint density at radius 2 is 2.07 bits per heavy atom. The van der Waals surface area contributed by atoms with E-state index < -0.39 is 12.0 Å². The molecule has 4 rings (SSSR count). The maximum Gasteiger partial charge on any atom is 0.354 e. The number of nitrogens with one attached hydrogen (secondary N) is 1. The van der Waals surface area contributed by atoms with E-state index in [-0.39, 0.29) is 24.6 Å². The van der Waals surface area contributed by atoms with Crippen molar-refractivity contribution in [3.05, 3.63) is 60.2 Å². The fourth-order valence-corrected chi connectivity index (χ4v) is 3.76. The Bertz CT molecular complexity index is 1070. The number of rotatable bonds is 6. The molecule has 0 saturated heterocycles. The second-order valence-electron chi connectivity index (χ2n) is 6.44. The van der Waals surface area contributed by atoms with Gasteiger partial charge in [0.15, 0.2) is 5.13 Å². The molecule has 8 nitrogen and oxygen atoms in total. The van der Waals surface area contributed by atoms with Crippen molar-refractivity contribution in [3.8, 4) is 11.3 Å². The van der Waals surface area contributed by atoms with Crippen LogP contribution in [-0.2, 0) is 14.3 Å². The number of amides is 1. The Hall–Kier alpha value is -3.59. The molecule has 30 heavy (non-hydrogen) atoms. The van der Waals surface area contributed by atoms with Gasteiger partial charge in [-0.25, -0.2) is 9.78 Å². The molecular formula is C21H19N5O3S. The minimum atomic E-state index is -0.683. The van der Waals surface area contributed by atoms with Crippen molar-refractivity contribution < 1.29 is 14.3 Å². The number of hydrazone groups is 1. The van der Waals surface area contributed by atoms with Gasteiger partial charge < -0.3 is 10.1 Å². The fourth-order valence-electron chi connectivity index (χ4n) is 3.04. The molecular weight excluding hydrogens is 402 g/mol. The van der Waals surface area contributed by atoms with E-state index in [9.17, 15) is 9.59 Å². The predicted molar refractivity (Wildman–Crippen MR) is 115 cm³/mol.